The molecule has 0 spiro atoms. The summed E-state index contributed by atoms with van der Waals surface area (Å²) < 4.78 is 0. The number of hydrogen-bond acceptors (Lipinski definition) is 0. The predicted octanol–water partition coefficient (Wildman–Crippen LogP) is -4.74. The van der Waals surface area contributed by atoms with Crippen molar-refractivity contribution >= 4 is 79.2 Å². The van der Waals surface area contributed by atoms with Crippen LogP contribution in [0.25, 0.3) is 0 Å². The van der Waals surface area contributed by atoms with E-state index >= 15 is 0 Å². The molecule has 0 aliphatic rings. The van der Waals surface area contributed by atoms with Crippen LogP contribution in [0.3, 0.4) is 0 Å². The third kappa shape index (κ3) is 19.3. The molecule has 0 saturated carbocycles. The van der Waals surface area contributed by atoms with Gasteiger partial charge in [0.05, 0.1) is 0 Å². The minimum atomic E-state index is 0. The second kappa shape index (κ2) is 27.6. The van der Waals surface area contributed by atoms with Crippen molar-refractivity contribution in [3.63, 3.8) is 0 Å². The Kier molecular flexibility index (Phi) is 236. The first-order valence-corrected chi connectivity index (χ1v) is 0. The minimum absolute atomic E-state index is 0. The summed E-state index contributed by atoms with van der Waals surface area (Å²) in [6, 6.07) is 0. The first-order chi connectivity index (χ1) is 0. The molecular formula is H12CrGa4. The first-order valence-electron chi connectivity index (χ1n) is 0. The van der Waals surface area contributed by atoms with Crippen molar-refractivity contribution in [3.8, 4) is 0 Å². The maximum atomic E-state index is 0. The van der Waals surface area contributed by atoms with Crippen LogP contribution < -0.4 is 0 Å². The van der Waals surface area contributed by atoms with Gasteiger partial charge in [-0.1, -0.05) is 0 Å². The second-order valence-electron chi connectivity index (χ2n) is 0. The quantitative estimate of drug-likeness (QED) is 0.388. The van der Waals surface area contributed by atoms with Crippen LogP contribution in [-0.4, -0.2) is 79.2 Å². The topological polar surface area (TPSA) is 0 Å². The van der Waals surface area contributed by atoms with E-state index in [0.717, 1.165) is 0 Å². The second-order valence-corrected chi connectivity index (χ2v) is 0. The van der Waals surface area contributed by atoms with Crippen molar-refractivity contribution in [2.45, 2.75) is 0 Å². The van der Waals surface area contributed by atoms with E-state index in [0.29, 0.717) is 0 Å². The van der Waals surface area contributed by atoms with E-state index in [9.17, 15) is 0 Å². The molecular weight excluding hydrogens is 331 g/mol. The Morgan fingerprint density at radius 3 is 0.400 bits per heavy atom. The fourth-order valence-corrected chi connectivity index (χ4v) is 0. The molecule has 0 aromatic heterocycles. The summed E-state index contributed by atoms with van der Waals surface area (Å²) in [6.07, 6.45) is 0. The summed E-state index contributed by atoms with van der Waals surface area (Å²) in [6.45, 7) is 0. The molecule has 0 N–H and O–H groups in total. The van der Waals surface area contributed by atoms with E-state index in [1.165, 1.54) is 0 Å². The Balaban J connectivity index is 0. The van der Waals surface area contributed by atoms with Gasteiger partial charge in [-0.3, -0.25) is 0 Å². The molecule has 0 aromatic rings. The molecule has 0 aliphatic carbocycles. The SMILES string of the molecule is [Cr].[GaH3].[GaH3].[GaH3].[GaH3]. The Bertz CT molecular complexity index is 3.61. The third-order valence-electron chi connectivity index (χ3n) is 0. The summed E-state index contributed by atoms with van der Waals surface area (Å²) in [4.78, 5) is 0. The van der Waals surface area contributed by atoms with Crippen molar-refractivity contribution in [2.24, 2.45) is 0 Å². The molecule has 30 valence electrons. The van der Waals surface area contributed by atoms with Crippen LogP contribution in [0.2, 0.25) is 0 Å². The Morgan fingerprint density at radius 1 is 0.400 bits per heavy atom. The fraction of sp³-hybridized carbons (Fsp3) is 0. The maximum absolute atomic E-state index is 0. The van der Waals surface area contributed by atoms with Crippen LogP contribution in [0.4, 0.5) is 0 Å². The molecule has 5 heavy (non-hydrogen) atoms. The standard InChI is InChI=1S/Cr.4Ga.12H. The van der Waals surface area contributed by atoms with Crippen LogP contribution in [0.1, 0.15) is 0 Å². The van der Waals surface area contributed by atoms with Crippen molar-refractivity contribution in [1.29, 1.82) is 0 Å². The summed E-state index contributed by atoms with van der Waals surface area (Å²) in [5, 5.41) is 0. The first kappa shape index (κ1) is 42.7. The zero-order chi connectivity index (χ0) is 0. The van der Waals surface area contributed by atoms with Crippen molar-refractivity contribution < 1.29 is 17.4 Å². The van der Waals surface area contributed by atoms with E-state index in [2.05, 4.69) is 0 Å². The molecule has 0 aromatic carbocycles. The van der Waals surface area contributed by atoms with E-state index in [1.807, 2.05) is 0 Å². The fourth-order valence-electron chi connectivity index (χ4n) is 0. The van der Waals surface area contributed by atoms with Crippen LogP contribution in [0, 0.1) is 0 Å². The van der Waals surface area contributed by atoms with Gasteiger partial charge < -0.3 is 0 Å². The molecule has 0 nitrogen and oxygen atoms in total. The van der Waals surface area contributed by atoms with Crippen LogP contribution in [0.15, 0.2) is 0 Å². The van der Waals surface area contributed by atoms with Crippen LogP contribution in [0.5, 0.6) is 0 Å². The van der Waals surface area contributed by atoms with Crippen LogP contribution >= 0.6 is 0 Å². The van der Waals surface area contributed by atoms with E-state index in [-0.39, 0.29) is 96.5 Å². The van der Waals surface area contributed by atoms with Gasteiger partial charge in [-0.25, -0.2) is 0 Å². The van der Waals surface area contributed by atoms with Gasteiger partial charge in [0.15, 0.2) is 0 Å². The average Bonchev–Trinajstić information content (AvgIpc) is 0. The zero-order valence-electron chi connectivity index (χ0n) is 0.408. The van der Waals surface area contributed by atoms with E-state index in [1.54, 1.807) is 0 Å². The summed E-state index contributed by atoms with van der Waals surface area (Å²) in [7, 11) is 0. The summed E-state index contributed by atoms with van der Waals surface area (Å²) in [5.41, 5.74) is 0. The van der Waals surface area contributed by atoms with Crippen molar-refractivity contribution in [1.82, 2.24) is 0 Å². The van der Waals surface area contributed by atoms with Crippen LogP contribution in [-0.2, 0) is 17.4 Å². The molecule has 0 rings (SSSR count). The molecule has 0 unspecified atom stereocenters. The summed E-state index contributed by atoms with van der Waals surface area (Å²) in [5.74, 6) is 0. The van der Waals surface area contributed by atoms with Gasteiger partial charge in [0.1, 0.15) is 0 Å². The van der Waals surface area contributed by atoms with Gasteiger partial charge in [-0.2, -0.15) is 0 Å². The molecule has 0 heterocycles. The molecule has 5 heteroatoms. The number of rotatable bonds is 0. The van der Waals surface area contributed by atoms with Gasteiger partial charge in [-0.15, -0.1) is 0 Å². The molecule has 0 bridgehead atoms. The monoisotopic (exact) mass is 340 g/mol. The molecule has 0 radical (unpaired) electrons. The Hall–Kier alpha value is 3.08. The normalized spacial score (nSPS) is 0. The zero-order valence-corrected chi connectivity index (χ0v) is 1.68. The van der Waals surface area contributed by atoms with E-state index in [4.69, 9.17) is 0 Å². The number of hydrogen-bond donors (Lipinski definition) is 0. The average molecular weight is 343 g/mol. The molecule has 0 saturated heterocycles. The van der Waals surface area contributed by atoms with Gasteiger partial charge >= 0.3 is 79.2 Å². The van der Waals surface area contributed by atoms with E-state index < -0.39 is 0 Å². The van der Waals surface area contributed by atoms with Gasteiger partial charge in [0.25, 0.3) is 0 Å². The van der Waals surface area contributed by atoms with Gasteiger partial charge in [0.2, 0.25) is 0 Å². The summed E-state index contributed by atoms with van der Waals surface area (Å²) >= 11 is 0. The third-order valence-corrected chi connectivity index (χ3v) is 0. The molecule has 0 aliphatic heterocycles. The predicted molar refractivity (Wildman–Crippen MR) is 39.8 cm³/mol. The van der Waals surface area contributed by atoms with Gasteiger partial charge in [-0.05, 0) is 0 Å². The molecule has 0 atom stereocenters. The Labute approximate surface area is 95.0 Å². The van der Waals surface area contributed by atoms with Crippen molar-refractivity contribution in [3.05, 3.63) is 0 Å². The molecule has 0 fully saturated rings. The molecule has 0 amide bonds. The van der Waals surface area contributed by atoms with Crippen molar-refractivity contribution in [2.75, 3.05) is 0 Å². The van der Waals surface area contributed by atoms with Gasteiger partial charge in [0, 0.05) is 17.4 Å². The Morgan fingerprint density at radius 2 is 0.400 bits per heavy atom.